The molecule has 0 saturated carbocycles. The Hall–Kier alpha value is -4.46. The van der Waals surface area contributed by atoms with Crippen molar-refractivity contribution in [1.29, 1.82) is 0 Å². The van der Waals surface area contributed by atoms with Gasteiger partial charge in [0, 0.05) is 31.9 Å². The van der Waals surface area contributed by atoms with E-state index in [4.69, 9.17) is 10.4 Å². The van der Waals surface area contributed by atoms with Gasteiger partial charge in [-0.05, 0) is 37.1 Å². The van der Waals surface area contributed by atoms with Gasteiger partial charge in [-0.15, -0.1) is 0 Å². The lowest BCUT2D eigenvalue weighted by Gasteiger charge is -2.33. The van der Waals surface area contributed by atoms with E-state index in [1.54, 1.807) is 25.1 Å². The van der Waals surface area contributed by atoms with E-state index in [2.05, 4.69) is 10.3 Å². The average molecular weight is 523 g/mol. The smallest absolute Gasteiger partial charge is 0.526 e. The molecule has 5 N–H and O–H groups in total. The zero-order valence-electron chi connectivity index (χ0n) is 20.5. The van der Waals surface area contributed by atoms with E-state index in [1.807, 2.05) is 0 Å². The fraction of sp³-hybridized carbons (Fsp3) is 0.333. The molecule has 4 amide bonds. The van der Waals surface area contributed by atoms with E-state index >= 15 is 0 Å². The van der Waals surface area contributed by atoms with Crippen LogP contribution in [0.3, 0.4) is 0 Å². The number of ketones is 1. The average Bonchev–Trinajstić information content (AvgIpc) is 2.88. The monoisotopic (exact) mass is 523 g/mol. The molecule has 38 heavy (non-hydrogen) atoms. The van der Waals surface area contributed by atoms with Gasteiger partial charge in [0.2, 0.25) is 0 Å². The third-order valence-corrected chi connectivity index (χ3v) is 6.53. The first-order valence-electron chi connectivity index (χ1n) is 12.0. The Kier molecular flexibility index (Phi) is 7.62. The van der Waals surface area contributed by atoms with Crippen molar-refractivity contribution in [2.24, 2.45) is 0 Å². The first-order chi connectivity index (χ1) is 18.1. The number of carboxylic acids is 1. The normalized spacial score (nSPS) is 17.9. The second-order valence-corrected chi connectivity index (χ2v) is 8.95. The van der Waals surface area contributed by atoms with Gasteiger partial charge < -0.3 is 30.7 Å². The topological polar surface area (TPSA) is 192 Å². The number of Topliss-reactive ketones (excluding diaryl/α,β-unsaturated/α-hetero) is 1. The van der Waals surface area contributed by atoms with Gasteiger partial charge in [-0.2, -0.15) is 0 Å². The van der Waals surface area contributed by atoms with Crippen molar-refractivity contribution in [3.05, 3.63) is 53.2 Å². The van der Waals surface area contributed by atoms with Crippen LogP contribution in [0, 0.1) is 0 Å². The number of likely N-dealkylation sites (N-methyl/N-ethyl adjacent to an activating group) is 1. The first-order valence-corrected chi connectivity index (χ1v) is 12.0. The van der Waals surface area contributed by atoms with Crippen LogP contribution in [0.4, 0.5) is 10.6 Å². The lowest BCUT2D eigenvalue weighted by atomic mass is 9.64. The molecule has 0 bridgehead atoms. The Morgan fingerprint density at radius 2 is 1.92 bits per heavy atom. The highest BCUT2D eigenvalue weighted by Gasteiger charge is 2.41. The fourth-order valence-corrected chi connectivity index (χ4v) is 4.52. The zero-order valence-corrected chi connectivity index (χ0v) is 20.5. The number of aromatic carboxylic acids is 1. The lowest BCUT2D eigenvalue weighted by Crippen LogP contribution is -2.58. The SMILES string of the molecule is CCN1CCN(C(=O)NC(C(=O)C[C@H]2Cc3cccc(C(=O)O)c3OB2O)c2cccc(N)n2)C(=O)C1=O. The Morgan fingerprint density at radius 3 is 2.61 bits per heavy atom. The number of benzene rings is 1. The summed E-state index contributed by atoms with van der Waals surface area (Å²) in [5.74, 6) is -4.25. The Morgan fingerprint density at radius 1 is 1.18 bits per heavy atom. The number of urea groups is 1. The molecule has 2 aliphatic rings. The number of fused-ring (bicyclic) bond motifs is 1. The second-order valence-electron chi connectivity index (χ2n) is 8.95. The van der Waals surface area contributed by atoms with Crippen LogP contribution in [0.1, 0.15) is 41.0 Å². The lowest BCUT2D eigenvalue weighted by molar-refractivity contribution is -0.153. The summed E-state index contributed by atoms with van der Waals surface area (Å²) in [5.41, 5.74) is 6.29. The van der Waals surface area contributed by atoms with Crippen LogP contribution in [0.15, 0.2) is 36.4 Å². The van der Waals surface area contributed by atoms with Crippen molar-refractivity contribution in [2.45, 2.75) is 31.6 Å². The van der Waals surface area contributed by atoms with E-state index in [1.165, 1.54) is 23.1 Å². The maximum Gasteiger partial charge on any atom is 0.526 e. The number of nitrogens with one attached hydrogen (secondary N) is 1. The van der Waals surface area contributed by atoms with E-state index in [-0.39, 0.29) is 48.8 Å². The van der Waals surface area contributed by atoms with Crippen molar-refractivity contribution in [3.8, 4) is 5.75 Å². The molecule has 2 aromatic rings. The van der Waals surface area contributed by atoms with Crippen molar-refractivity contribution in [1.82, 2.24) is 20.1 Å². The minimum Gasteiger partial charge on any atom is -0.535 e. The zero-order chi connectivity index (χ0) is 27.6. The fourth-order valence-electron chi connectivity index (χ4n) is 4.52. The number of nitrogens with two attached hydrogens (primary N) is 1. The molecule has 198 valence electrons. The highest BCUT2D eigenvalue weighted by atomic mass is 16.5. The van der Waals surface area contributed by atoms with Crippen LogP contribution < -0.4 is 15.7 Å². The number of pyridine rings is 1. The maximum absolute atomic E-state index is 13.5. The number of anilines is 1. The summed E-state index contributed by atoms with van der Waals surface area (Å²) in [6, 6.07) is 6.75. The third-order valence-electron chi connectivity index (χ3n) is 6.53. The number of carboxylic acid groups (broad SMARTS) is 1. The quantitative estimate of drug-likeness (QED) is 0.289. The van der Waals surface area contributed by atoms with Gasteiger partial charge in [0.25, 0.3) is 0 Å². The Labute approximate surface area is 217 Å². The molecular formula is C24H26BN5O8. The highest BCUT2D eigenvalue weighted by molar-refractivity contribution is 6.47. The number of carbonyl (C=O) groups is 5. The molecule has 3 heterocycles. The molecule has 1 saturated heterocycles. The van der Waals surface area contributed by atoms with Crippen molar-refractivity contribution in [2.75, 3.05) is 25.4 Å². The number of aromatic nitrogens is 1. The predicted octanol–water partition coefficient (Wildman–Crippen LogP) is 0.248. The molecule has 0 radical (unpaired) electrons. The number of carbonyl (C=O) groups excluding carboxylic acids is 4. The largest absolute Gasteiger partial charge is 0.535 e. The number of amides is 4. The number of nitrogen functional groups attached to an aromatic ring is 1. The molecule has 4 rings (SSSR count). The predicted molar refractivity (Wildman–Crippen MR) is 133 cm³/mol. The minimum atomic E-state index is -1.49. The Bertz CT molecular complexity index is 1300. The number of hydrogen-bond donors (Lipinski definition) is 4. The van der Waals surface area contributed by atoms with Crippen LogP contribution in [0.25, 0.3) is 0 Å². The van der Waals surface area contributed by atoms with Crippen molar-refractivity contribution < 1.29 is 38.8 Å². The van der Waals surface area contributed by atoms with Crippen molar-refractivity contribution in [3.63, 3.8) is 0 Å². The molecule has 0 spiro atoms. The number of nitrogens with zero attached hydrogens (tertiary/aromatic N) is 3. The van der Waals surface area contributed by atoms with Crippen molar-refractivity contribution >= 4 is 42.5 Å². The summed E-state index contributed by atoms with van der Waals surface area (Å²) in [7, 11) is -1.49. The van der Waals surface area contributed by atoms with E-state index < -0.39 is 48.6 Å². The van der Waals surface area contributed by atoms with Gasteiger partial charge in [0.1, 0.15) is 17.6 Å². The molecule has 1 fully saturated rings. The summed E-state index contributed by atoms with van der Waals surface area (Å²) in [4.78, 5) is 68.9. The van der Waals surface area contributed by atoms with Crippen LogP contribution in [-0.4, -0.2) is 81.3 Å². The summed E-state index contributed by atoms with van der Waals surface area (Å²) in [5, 5.41) is 22.5. The number of piperazine rings is 1. The molecule has 2 atom stereocenters. The minimum absolute atomic E-state index is 0.0351. The number of hydrogen-bond acceptors (Lipinski definition) is 9. The van der Waals surface area contributed by atoms with Gasteiger partial charge in [0.15, 0.2) is 5.78 Å². The molecule has 1 unspecified atom stereocenters. The summed E-state index contributed by atoms with van der Waals surface area (Å²) in [6.07, 6.45) is -0.143. The number of para-hydroxylation sites is 1. The van der Waals surface area contributed by atoms with Crippen LogP contribution >= 0.6 is 0 Å². The van der Waals surface area contributed by atoms with Crippen LogP contribution in [-0.2, 0) is 20.8 Å². The third kappa shape index (κ3) is 5.30. The molecular weight excluding hydrogens is 497 g/mol. The summed E-state index contributed by atoms with van der Waals surface area (Å²) < 4.78 is 5.47. The van der Waals surface area contributed by atoms with Crippen LogP contribution in [0.2, 0.25) is 5.82 Å². The second kappa shape index (κ2) is 10.9. The summed E-state index contributed by atoms with van der Waals surface area (Å²) >= 11 is 0. The molecule has 14 heteroatoms. The standard InChI is InChI=1S/C24H26BN5O8/c1-2-29-9-10-30(22(33)21(29)32)24(36)28-19(16-7-4-8-18(26)27-16)17(31)12-14-11-13-5-3-6-15(23(34)35)20(13)38-25(14)37/h3-8,14,19,37H,2,9-12H2,1H3,(H2,26,27)(H,28,36)(H,34,35)/t14-,19?/m1/s1. The molecule has 1 aromatic carbocycles. The summed E-state index contributed by atoms with van der Waals surface area (Å²) in [6.45, 7) is 2.14. The Balaban J connectivity index is 1.55. The van der Waals surface area contributed by atoms with Gasteiger partial charge in [-0.3, -0.25) is 19.3 Å². The number of imide groups is 1. The van der Waals surface area contributed by atoms with Gasteiger partial charge in [0.05, 0.1) is 11.3 Å². The van der Waals surface area contributed by atoms with E-state index in [9.17, 15) is 34.1 Å². The van der Waals surface area contributed by atoms with Crippen LogP contribution in [0.5, 0.6) is 5.75 Å². The molecule has 1 aromatic heterocycles. The number of rotatable bonds is 7. The first kappa shape index (κ1) is 26.6. The van der Waals surface area contributed by atoms with E-state index in [0.717, 1.165) is 4.90 Å². The molecule has 0 aliphatic carbocycles. The van der Waals surface area contributed by atoms with Gasteiger partial charge >= 0.3 is 30.9 Å². The molecule has 13 nitrogen and oxygen atoms in total. The van der Waals surface area contributed by atoms with Gasteiger partial charge in [-0.1, -0.05) is 18.2 Å². The maximum atomic E-state index is 13.5. The molecule has 2 aliphatic heterocycles. The highest BCUT2D eigenvalue weighted by Crippen LogP contribution is 2.37. The van der Waals surface area contributed by atoms with E-state index in [0.29, 0.717) is 12.1 Å². The van der Waals surface area contributed by atoms with Gasteiger partial charge in [-0.25, -0.2) is 14.6 Å².